The van der Waals surface area contributed by atoms with Gasteiger partial charge in [-0.2, -0.15) is 0 Å². The molecule has 1 fully saturated rings. The molecule has 2 atom stereocenters. The summed E-state index contributed by atoms with van der Waals surface area (Å²) in [6, 6.07) is 8.48. The highest BCUT2D eigenvalue weighted by Gasteiger charge is 2.45. The van der Waals surface area contributed by atoms with Gasteiger partial charge in [0, 0.05) is 31.7 Å². The number of rotatable bonds is 5. The highest BCUT2D eigenvalue weighted by Crippen LogP contribution is 2.48. The minimum atomic E-state index is -0.465. The predicted octanol–water partition coefficient (Wildman–Crippen LogP) is 2.03. The van der Waals surface area contributed by atoms with E-state index in [1.165, 1.54) is 12.0 Å². The van der Waals surface area contributed by atoms with Gasteiger partial charge in [0.05, 0.1) is 12.7 Å². The maximum absolute atomic E-state index is 9.81. The molecule has 1 spiro atoms. The van der Waals surface area contributed by atoms with Gasteiger partial charge < -0.3 is 19.9 Å². The summed E-state index contributed by atoms with van der Waals surface area (Å²) in [6.45, 7) is 0.909. The summed E-state index contributed by atoms with van der Waals surface area (Å²) in [4.78, 5) is 0. The number of para-hydroxylation sites is 1. The van der Waals surface area contributed by atoms with Gasteiger partial charge in [-0.05, 0) is 25.3 Å². The van der Waals surface area contributed by atoms with Crippen LogP contribution < -0.4 is 10.1 Å². The minimum absolute atomic E-state index is 0.0260. The number of aliphatic hydroxyl groups is 1. The first kappa shape index (κ1) is 13.9. The maximum Gasteiger partial charge on any atom is 0.124 e. The Kier molecular flexibility index (Phi) is 3.96. The molecular weight excluding hydrogens is 254 g/mol. The van der Waals surface area contributed by atoms with Crippen LogP contribution in [0.5, 0.6) is 5.75 Å². The maximum atomic E-state index is 9.81. The summed E-state index contributed by atoms with van der Waals surface area (Å²) >= 11 is 0. The van der Waals surface area contributed by atoms with Crippen molar-refractivity contribution in [1.82, 2.24) is 5.32 Å². The Balaban J connectivity index is 1.72. The van der Waals surface area contributed by atoms with Crippen LogP contribution >= 0.6 is 0 Å². The molecule has 2 N–H and O–H groups in total. The summed E-state index contributed by atoms with van der Waals surface area (Å²) in [7, 11) is 1.61. The van der Waals surface area contributed by atoms with Gasteiger partial charge in [0.1, 0.15) is 11.4 Å². The van der Waals surface area contributed by atoms with Crippen molar-refractivity contribution in [2.75, 3.05) is 20.3 Å². The third kappa shape index (κ3) is 2.68. The normalized spacial score (nSPS) is 24.6. The lowest BCUT2D eigenvalue weighted by molar-refractivity contribution is -0.0386. The highest BCUT2D eigenvalue weighted by atomic mass is 16.5. The highest BCUT2D eigenvalue weighted by molar-refractivity contribution is 5.39. The molecule has 0 radical (unpaired) electrons. The zero-order chi connectivity index (χ0) is 14.0. The zero-order valence-corrected chi connectivity index (χ0v) is 12.0. The van der Waals surface area contributed by atoms with Crippen molar-refractivity contribution in [2.45, 2.75) is 43.4 Å². The second kappa shape index (κ2) is 5.72. The van der Waals surface area contributed by atoms with Crippen LogP contribution in [-0.2, 0) is 4.74 Å². The number of ether oxygens (including phenoxy) is 2. The molecule has 0 saturated heterocycles. The summed E-state index contributed by atoms with van der Waals surface area (Å²) < 4.78 is 11.2. The van der Waals surface area contributed by atoms with Crippen molar-refractivity contribution in [3.8, 4) is 5.75 Å². The molecule has 0 bridgehead atoms. The summed E-state index contributed by atoms with van der Waals surface area (Å²) in [5.74, 6) is 0.997. The molecular formula is C16H23NO3. The average molecular weight is 277 g/mol. The van der Waals surface area contributed by atoms with Crippen molar-refractivity contribution in [1.29, 1.82) is 0 Å². The van der Waals surface area contributed by atoms with Gasteiger partial charge in [-0.3, -0.25) is 0 Å². The molecule has 1 aromatic rings. The van der Waals surface area contributed by atoms with Gasteiger partial charge in [-0.25, -0.2) is 0 Å². The fourth-order valence-electron chi connectivity index (χ4n) is 3.21. The quantitative estimate of drug-likeness (QED) is 0.864. The van der Waals surface area contributed by atoms with E-state index in [-0.39, 0.29) is 11.6 Å². The second-order valence-electron chi connectivity index (χ2n) is 5.95. The molecule has 0 amide bonds. The Bertz CT molecular complexity index is 459. The van der Waals surface area contributed by atoms with Crippen LogP contribution in [0.1, 0.15) is 37.3 Å². The van der Waals surface area contributed by atoms with Gasteiger partial charge in [-0.15, -0.1) is 0 Å². The fourth-order valence-corrected chi connectivity index (χ4v) is 3.21. The Morgan fingerprint density at radius 2 is 2.25 bits per heavy atom. The van der Waals surface area contributed by atoms with Crippen LogP contribution in [0.15, 0.2) is 24.3 Å². The van der Waals surface area contributed by atoms with Crippen molar-refractivity contribution < 1.29 is 14.6 Å². The molecule has 1 saturated carbocycles. The smallest absolute Gasteiger partial charge is 0.124 e. The predicted molar refractivity (Wildman–Crippen MR) is 76.9 cm³/mol. The van der Waals surface area contributed by atoms with Crippen LogP contribution in [0.3, 0.4) is 0 Å². The number of benzene rings is 1. The first-order chi connectivity index (χ1) is 9.72. The van der Waals surface area contributed by atoms with E-state index < -0.39 is 6.10 Å². The third-order valence-electron chi connectivity index (χ3n) is 4.42. The van der Waals surface area contributed by atoms with Gasteiger partial charge in [0.25, 0.3) is 0 Å². The van der Waals surface area contributed by atoms with E-state index >= 15 is 0 Å². The average Bonchev–Trinajstić information content (AvgIpc) is 2.43. The largest absolute Gasteiger partial charge is 0.487 e. The number of nitrogens with one attached hydrogen (secondary N) is 1. The lowest BCUT2D eigenvalue weighted by Gasteiger charge is -2.48. The van der Waals surface area contributed by atoms with Gasteiger partial charge in [-0.1, -0.05) is 18.2 Å². The second-order valence-corrected chi connectivity index (χ2v) is 5.95. The molecule has 3 rings (SSSR count). The minimum Gasteiger partial charge on any atom is -0.487 e. The van der Waals surface area contributed by atoms with Crippen LogP contribution in [0.25, 0.3) is 0 Å². The zero-order valence-electron chi connectivity index (χ0n) is 12.0. The van der Waals surface area contributed by atoms with E-state index in [1.54, 1.807) is 7.11 Å². The molecule has 0 aromatic heterocycles. The monoisotopic (exact) mass is 277 g/mol. The molecule has 4 nitrogen and oxygen atoms in total. The van der Waals surface area contributed by atoms with Crippen molar-refractivity contribution >= 4 is 0 Å². The Hall–Kier alpha value is -1.10. The number of aliphatic hydroxyl groups excluding tert-OH is 1. The fraction of sp³-hybridized carbons (Fsp3) is 0.625. The molecule has 20 heavy (non-hydrogen) atoms. The summed E-state index contributed by atoms with van der Waals surface area (Å²) in [5.41, 5.74) is 1.23. The Labute approximate surface area is 120 Å². The van der Waals surface area contributed by atoms with Gasteiger partial charge in [0.2, 0.25) is 0 Å². The van der Waals surface area contributed by atoms with E-state index in [4.69, 9.17) is 9.47 Å². The number of methoxy groups -OCH3 is 1. The van der Waals surface area contributed by atoms with E-state index in [0.717, 1.165) is 25.0 Å². The van der Waals surface area contributed by atoms with Crippen molar-refractivity contribution in [2.24, 2.45) is 0 Å². The van der Waals surface area contributed by atoms with Crippen molar-refractivity contribution in [3.05, 3.63) is 29.8 Å². The summed E-state index contributed by atoms with van der Waals surface area (Å²) in [6.07, 6.45) is 4.05. The van der Waals surface area contributed by atoms with Gasteiger partial charge in [0.15, 0.2) is 0 Å². The lowest BCUT2D eigenvalue weighted by Crippen LogP contribution is -2.49. The van der Waals surface area contributed by atoms with Crippen LogP contribution in [0, 0.1) is 0 Å². The number of hydrogen-bond donors (Lipinski definition) is 2. The molecule has 110 valence electrons. The van der Waals surface area contributed by atoms with E-state index in [1.807, 2.05) is 12.1 Å². The molecule has 2 aliphatic rings. The van der Waals surface area contributed by atoms with Crippen molar-refractivity contribution in [3.63, 3.8) is 0 Å². The molecule has 4 heteroatoms. The van der Waals surface area contributed by atoms with Crippen LogP contribution in [0.4, 0.5) is 0 Å². The Morgan fingerprint density at radius 3 is 2.95 bits per heavy atom. The van der Waals surface area contributed by atoms with E-state index in [0.29, 0.717) is 13.2 Å². The molecule has 1 aliphatic carbocycles. The van der Waals surface area contributed by atoms with Gasteiger partial charge >= 0.3 is 0 Å². The third-order valence-corrected chi connectivity index (χ3v) is 4.42. The number of fused-ring (bicyclic) bond motifs is 1. The molecule has 2 unspecified atom stereocenters. The summed E-state index contributed by atoms with van der Waals surface area (Å²) in [5, 5.41) is 13.3. The SMILES string of the molecule is COCC(O)CNC1CC2(CCC2)Oc2ccccc21. The Morgan fingerprint density at radius 1 is 1.45 bits per heavy atom. The van der Waals surface area contributed by atoms with Crippen LogP contribution in [-0.4, -0.2) is 37.1 Å². The first-order valence-corrected chi connectivity index (χ1v) is 7.41. The van der Waals surface area contributed by atoms with E-state index in [2.05, 4.69) is 17.4 Å². The standard InChI is InChI=1S/C16H23NO3/c1-19-11-12(18)10-17-14-9-16(7-4-8-16)20-15-6-3-2-5-13(14)15/h2-3,5-6,12,14,17-18H,4,7-11H2,1H3. The first-order valence-electron chi connectivity index (χ1n) is 7.41. The lowest BCUT2D eigenvalue weighted by atomic mass is 9.73. The number of hydrogen-bond acceptors (Lipinski definition) is 4. The topological polar surface area (TPSA) is 50.7 Å². The van der Waals surface area contributed by atoms with E-state index in [9.17, 15) is 5.11 Å². The van der Waals surface area contributed by atoms with Crippen LogP contribution in [0.2, 0.25) is 0 Å². The molecule has 1 aliphatic heterocycles. The molecule has 1 aromatic carbocycles. The molecule has 1 heterocycles.